The molecule has 1 rings (SSSR count). The highest BCUT2D eigenvalue weighted by molar-refractivity contribution is 9.09. The van der Waals surface area contributed by atoms with E-state index < -0.39 is 23.2 Å². The smallest absolute Gasteiger partial charge is 0.411 e. The lowest BCUT2D eigenvalue weighted by atomic mass is 10.00. The van der Waals surface area contributed by atoms with Crippen LogP contribution in [0.25, 0.3) is 0 Å². The van der Waals surface area contributed by atoms with Crippen molar-refractivity contribution in [2.24, 2.45) is 0 Å². The Balaban J connectivity index is 2.88. The number of alkyl halides is 1. The topological polar surface area (TPSA) is 66.8 Å². The summed E-state index contributed by atoms with van der Waals surface area (Å²) in [4.78, 5) is 24.5. The van der Waals surface area contributed by atoms with Crippen molar-refractivity contribution >= 4 is 28.0 Å². The molecule has 5 nitrogen and oxygen atoms in total. The molecule has 0 spiro atoms. The lowest BCUT2D eigenvalue weighted by molar-refractivity contribution is -0.148. The first kappa shape index (κ1) is 14.3. The number of carboxylic acids is 1. The number of carboxylic acid groups (broad SMARTS) is 1. The van der Waals surface area contributed by atoms with E-state index in [2.05, 4.69) is 15.9 Å². The van der Waals surface area contributed by atoms with Gasteiger partial charge in [0.05, 0.1) is 0 Å². The molecule has 0 radical (unpaired) electrons. The number of rotatable bonds is 1. The van der Waals surface area contributed by atoms with Crippen molar-refractivity contribution in [2.75, 3.05) is 6.54 Å². The van der Waals surface area contributed by atoms with Crippen LogP contribution < -0.4 is 0 Å². The molecule has 6 heteroatoms. The van der Waals surface area contributed by atoms with Gasteiger partial charge in [0.1, 0.15) is 11.1 Å². The van der Waals surface area contributed by atoms with Gasteiger partial charge in [-0.3, -0.25) is 4.90 Å². The second kappa shape index (κ2) is 4.48. The average molecular weight is 308 g/mol. The van der Waals surface area contributed by atoms with Gasteiger partial charge in [-0.2, -0.15) is 0 Å². The average Bonchev–Trinajstić information content (AvgIpc) is 2.40. The first-order valence-corrected chi connectivity index (χ1v) is 6.36. The van der Waals surface area contributed by atoms with E-state index in [0.717, 1.165) is 0 Å². The quantitative estimate of drug-likeness (QED) is 0.754. The Kier molecular flexibility index (Phi) is 3.76. The highest BCUT2D eigenvalue weighted by Gasteiger charge is 2.50. The van der Waals surface area contributed by atoms with Crippen LogP contribution in [0.1, 0.15) is 34.1 Å². The molecule has 0 aliphatic carbocycles. The third-order valence-electron chi connectivity index (χ3n) is 2.67. The number of halogens is 1. The Morgan fingerprint density at radius 1 is 1.47 bits per heavy atom. The van der Waals surface area contributed by atoms with E-state index in [9.17, 15) is 14.7 Å². The van der Waals surface area contributed by atoms with Crippen LogP contribution in [0.4, 0.5) is 4.79 Å². The first-order chi connectivity index (χ1) is 7.56. The zero-order chi connectivity index (χ0) is 13.4. The number of carbonyl (C=O) groups is 2. The highest BCUT2D eigenvalue weighted by Crippen LogP contribution is 2.34. The van der Waals surface area contributed by atoms with Gasteiger partial charge in [-0.05, 0) is 34.1 Å². The lowest BCUT2D eigenvalue weighted by Gasteiger charge is -2.32. The molecule has 0 saturated carbocycles. The first-order valence-electron chi connectivity index (χ1n) is 5.44. The van der Waals surface area contributed by atoms with Gasteiger partial charge in [-0.15, -0.1) is 0 Å². The minimum absolute atomic E-state index is 0.0175. The van der Waals surface area contributed by atoms with Gasteiger partial charge in [0.2, 0.25) is 0 Å². The fourth-order valence-electron chi connectivity index (χ4n) is 1.80. The van der Waals surface area contributed by atoms with E-state index in [-0.39, 0.29) is 4.83 Å². The summed E-state index contributed by atoms with van der Waals surface area (Å²) >= 11 is 3.36. The van der Waals surface area contributed by atoms with Crippen molar-refractivity contribution in [3.05, 3.63) is 0 Å². The number of amides is 1. The summed E-state index contributed by atoms with van der Waals surface area (Å²) in [5.41, 5.74) is -1.82. The molecule has 1 amide bonds. The Hall–Kier alpha value is -0.780. The normalized spacial score (nSPS) is 29.2. The van der Waals surface area contributed by atoms with Crippen molar-refractivity contribution in [1.82, 2.24) is 4.90 Å². The molecule has 1 aliphatic rings. The molecular weight excluding hydrogens is 290 g/mol. The minimum Gasteiger partial charge on any atom is -0.480 e. The fraction of sp³-hybridized carbons (Fsp3) is 0.818. The Labute approximate surface area is 109 Å². The maximum absolute atomic E-state index is 11.9. The van der Waals surface area contributed by atoms with E-state index in [4.69, 9.17) is 4.74 Å². The van der Waals surface area contributed by atoms with Crippen molar-refractivity contribution in [3.63, 3.8) is 0 Å². The largest absolute Gasteiger partial charge is 0.480 e. The highest BCUT2D eigenvalue weighted by atomic mass is 79.9. The lowest BCUT2D eigenvalue weighted by Crippen LogP contribution is -2.52. The number of hydrogen-bond donors (Lipinski definition) is 1. The Morgan fingerprint density at radius 3 is 2.41 bits per heavy atom. The minimum atomic E-state index is -1.20. The van der Waals surface area contributed by atoms with Gasteiger partial charge in [0.15, 0.2) is 0 Å². The van der Waals surface area contributed by atoms with Crippen molar-refractivity contribution in [1.29, 1.82) is 0 Å². The molecule has 1 heterocycles. The number of carbonyl (C=O) groups excluding carboxylic acids is 1. The Morgan fingerprint density at radius 2 is 2.00 bits per heavy atom. The van der Waals surface area contributed by atoms with Gasteiger partial charge in [0.25, 0.3) is 0 Å². The van der Waals surface area contributed by atoms with Gasteiger partial charge < -0.3 is 9.84 Å². The van der Waals surface area contributed by atoms with Crippen LogP contribution in [0.5, 0.6) is 0 Å². The van der Waals surface area contributed by atoms with E-state index in [1.165, 1.54) is 4.90 Å². The molecule has 0 unspecified atom stereocenters. The van der Waals surface area contributed by atoms with Crippen LogP contribution in [-0.4, -0.2) is 44.6 Å². The number of likely N-dealkylation sites (tertiary alicyclic amines) is 1. The molecule has 17 heavy (non-hydrogen) atoms. The molecule has 98 valence electrons. The molecule has 2 atom stereocenters. The zero-order valence-corrected chi connectivity index (χ0v) is 12.1. The molecular formula is C11H18BrNO4. The zero-order valence-electron chi connectivity index (χ0n) is 10.5. The van der Waals surface area contributed by atoms with E-state index in [1.54, 1.807) is 27.7 Å². The second-order valence-corrected chi connectivity index (χ2v) is 6.77. The number of nitrogens with zero attached hydrogens (tertiary/aromatic N) is 1. The standard InChI is InChI=1S/C11H18BrNO4/c1-10(2,3)17-9(16)13-6-7(12)5-11(13,4)8(14)15/h7H,5-6H2,1-4H3,(H,14,15)/t7-,11-/m0/s1. The van der Waals surface area contributed by atoms with E-state index in [0.29, 0.717) is 13.0 Å². The maximum atomic E-state index is 11.9. The predicted octanol–water partition coefficient (Wildman–Crippen LogP) is 2.23. The van der Waals surface area contributed by atoms with Crippen LogP contribution in [0.3, 0.4) is 0 Å². The molecule has 1 fully saturated rings. The molecule has 0 bridgehead atoms. The summed E-state index contributed by atoms with van der Waals surface area (Å²) in [5.74, 6) is -1.01. The summed E-state index contributed by atoms with van der Waals surface area (Å²) in [6.07, 6.45) is -0.203. The summed E-state index contributed by atoms with van der Waals surface area (Å²) in [6.45, 7) is 7.15. The SMILES string of the molecule is CC(C)(C)OC(=O)N1C[C@@H](Br)C[C@@]1(C)C(=O)O. The van der Waals surface area contributed by atoms with Gasteiger partial charge in [-0.1, -0.05) is 15.9 Å². The predicted molar refractivity (Wildman–Crippen MR) is 66.3 cm³/mol. The van der Waals surface area contributed by atoms with Crippen LogP contribution >= 0.6 is 15.9 Å². The summed E-state index contributed by atoms with van der Waals surface area (Å²) < 4.78 is 5.22. The van der Waals surface area contributed by atoms with Gasteiger partial charge in [0, 0.05) is 11.4 Å². The number of aliphatic carboxylic acids is 1. The third kappa shape index (κ3) is 3.12. The summed E-state index contributed by atoms with van der Waals surface area (Å²) in [5, 5.41) is 9.24. The third-order valence-corrected chi connectivity index (χ3v) is 3.28. The van der Waals surface area contributed by atoms with Crippen molar-refractivity contribution in [2.45, 2.75) is 50.1 Å². The fourth-order valence-corrected chi connectivity index (χ4v) is 2.72. The monoisotopic (exact) mass is 307 g/mol. The Bertz CT molecular complexity index is 339. The van der Waals surface area contributed by atoms with E-state index >= 15 is 0 Å². The summed E-state index contributed by atoms with van der Waals surface area (Å²) in [6, 6.07) is 0. The maximum Gasteiger partial charge on any atom is 0.411 e. The molecule has 0 aromatic rings. The van der Waals surface area contributed by atoms with Crippen LogP contribution in [-0.2, 0) is 9.53 Å². The number of hydrogen-bond acceptors (Lipinski definition) is 3. The molecule has 1 N–H and O–H groups in total. The van der Waals surface area contributed by atoms with Gasteiger partial charge in [-0.25, -0.2) is 9.59 Å². The molecule has 1 aliphatic heterocycles. The second-order valence-electron chi connectivity index (χ2n) is 5.47. The van der Waals surface area contributed by atoms with E-state index in [1.807, 2.05) is 0 Å². The number of ether oxygens (including phenoxy) is 1. The van der Waals surface area contributed by atoms with Crippen LogP contribution in [0.15, 0.2) is 0 Å². The molecule has 0 aromatic carbocycles. The summed E-state index contributed by atoms with van der Waals surface area (Å²) in [7, 11) is 0. The van der Waals surface area contributed by atoms with Gasteiger partial charge >= 0.3 is 12.1 Å². The van der Waals surface area contributed by atoms with Crippen molar-refractivity contribution < 1.29 is 19.4 Å². The van der Waals surface area contributed by atoms with Crippen molar-refractivity contribution in [3.8, 4) is 0 Å². The van der Waals surface area contributed by atoms with Crippen LogP contribution in [0.2, 0.25) is 0 Å². The molecule has 1 saturated heterocycles. The van der Waals surface area contributed by atoms with Crippen LogP contribution in [0, 0.1) is 0 Å². The molecule has 0 aromatic heterocycles.